The maximum atomic E-state index is 12.9. The minimum atomic E-state index is -0.421. The molecular weight excluding hydrogens is 426 g/mol. The van der Waals surface area contributed by atoms with Gasteiger partial charge in [0.25, 0.3) is 11.1 Å². The standard InChI is InChI=1S/C24H23N3O4S/c1-15(2)14-31-19-10-9-17(12-20(19)30-3)13-21-23(29)27-24(32-21)25-22(28)18(26-27)11-16-7-5-4-6-8-16/h4-10,12-13,15H,11,14H2,1-3H3. The van der Waals surface area contributed by atoms with Crippen molar-refractivity contribution in [1.29, 1.82) is 0 Å². The molecule has 164 valence electrons. The minimum Gasteiger partial charge on any atom is -0.493 e. The van der Waals surface area contributed by atoms with Gasteiger partial charge in [-0.05, 0) is 35.3 Å². The predicted molar refractivity (Wildman–Crippen MR) is 125 cm³/mol. The van der Waals surface area contributed by atoms with Gasteiger partial charge in [0, 0.05) is 6.42 Å². The van der Waals surface area contributed by atoms with Crippen LogP contribution >= 0.6 is 11.3 Å². The highest BCUT2D eigenvalue weighted by Gasteiger charge is 2.12. The number of nitrogens with zero attached hydrogens (tertiary/aromatic N) is 3. The van der Waals surface area contributed by atoms with E-state index in [9.17, 15) is 9.59 Å². The molecule has 0 fully saturated rings. The number of fused-ring (bicyclic) bond motifs is 1. The number of methoxy groups -OCH3 is 1. The summed E-state index contributed by atoms with van der Waals surface area (Å²) < 4.78 is 12.9. The van der Waals surface area contributed by atoms with E-state index in [4.69, 9.17) is 9.47 Å². The van der Waals surface area contributed by atoms with Crippen molar-refractivity contribution in [3.05, 3.63) is 90.6 Å². The molecule has 0 saturated carbocycles. The Hall–Kier alpha value is -3.52. The highest BCUT2D eigenvalue weighted by molar-refractivity contribution is 7.15. The van der Waals surface area contributed by atoms with Crippen LogP contribution in [0.3, 0.4) is 0 Å². The number of benzene rings is 2. The molecule has 0 bridgehead atoms. The number of hydrogen-bond donors (Lipinski definition) is 0. The molecule has 32 heavy (non-hydrogen) atoms. The van der Waals surface area contributed by atoms with Gasteiger partial charge in [0.2, 0.25) is 4.96 Å². The Morgan fingerprint density at radius 3 is 2.59 bits per heavy atom. The van der Waals surface area contributed by atoms with Crippen molar-refractivity contribution in [3.8, 4) is 11.5 Å². The Morgan fingerprint density at radius 1 is 1.09 bits per heavy atom. The van der Waals surface area contributed by atoms with Crippen molar-refractivity contribution in [2.24, 2.45) is 5.92 Å². The monoisotopic (exact) mass is 449 g/mol. The lowest BCUT2D eigenvalue weighted by atomic mass is 10.1. The molecule has 0 radical (unpaired) electrons. The van der Waals surface area contributed by atoms with Crippen molar-refractivity contribution < 1.29 is 9.47 Å². The van der Waals surface area contributed by atoms with Gasteiger partial charge in [-0.15, -0.1) is 0 Å². The van der Waals surface area contributed by atoms with Crippen molar-refractivity contribution >= 4 is 22.4 Å². The number of rotatable bonds is 7. The van der Waals surface area contributed by atoms with Crippen LogP contribution in [0.25, 0.3) is 11.0 Å². The lowest BCUT2D eigenvalue weighted by Gasteiger charge is -2.12. The summed E-state index contributed by atoms with van der Waals surface area (Å²) >= 11 is 1.13. The molecule has 2 aromatic carbocycles. The summed E-state index contributed by atoms with van der Waals surface area (Å²) in [5.41, 5.74) is 1.21. The third-order valence-corrected chi connectivity index (χ3v) is 5.68. The van der Waals surface area contributed by atoms with Crippen molar-refractivity contribution in [1.82, 2.24) is 14.6 Å². The van der Waals surface area contributed by atoms with Gasteiger partial charge in [0.05, 0.1) is 18.2 Å². The highest BCUT2D eigenvalue weighted by atomic mass is 32.1. The number of thiazole rings is 1. The summed E-state index contributed by atoms with van der Waals surface area (Å²) in [5.74, 6) is 1.63. The van der Waals surface area contributed by atoms with Crippen LogP contribution in [0.2, 0.25) is 0 Å². The molecule has 0 unspecified atom stereocenters. The first-order valence-electron chi connectivity index (χ1n) is 10.2. The maximum absolute atomic E-state index is 12.9. The largest absolute Gasteiger partial charge is 0.493 e. The Kier molecular flexibility index (Phi) is 6.32. The fraction of sp³-hybridized carbons (Fsp3) is 0.250. The summed E-state index contributed by atoms with van der Waals surface area (Å²) in [5, 5.41) is 4.30. The molecule has 4 rings (SSSR count). The Labute approximate surface area is 188 Å². The lowest BCUT2D eigenvalue weighted by molar-refractivity contribution is 0.257. The van der Waals surface area contributed by atoms with Gasteiger partial charge in [-0.1, -0.05) is 61.6 Å². The minimum absolute atomic E-state index is 0.239. The van der Waals surface area contributed by atoms with Crippen LogP contribution in [0.4, 0.5) is 0 Å². The van der Waals surface area contributed by atoms with Crippen molar-refractivity contribution in [2.75, 3.05) is 13.7 Å². The first kappa shape index (κ1) is 21.7. The summed E-state index contributed by atoms with van der Waals surface area (Å²) in [6.07, 6.45) is 2.05. The fourth-order valence-corrected chi connectivity index (χ4v) is 4.05. The summed E-state index contributed by atoms with van der Waals surface area (Å²) in [6, 6.07) is 15.0. The van der Waals surface area contributed by atoms with E-state index in [1.54, 1.807) is 13.2 Å². The van der Waals surface area contributed by atoms with E-state index in [-0.39, 0.29) is 16.2 Å². The molecule has 2 aromatic heterocycles. The molecule has 0 N–H and O–H groups in total. The summed E-state index contributed by atoms with van der Waals surface area (Å²) in [7, 11) is 1.58. The molecule has 0 aliphatic rings. The van der Waals surface area contributed by atoms with Crippen LogP contribution in [-0.2, 0) is 6.42 Å². The quantitative estimate of drug-likeness (QED) is 0.431. The van der Waals surface area contributed by atoms with Gasteiger partial charge in [0.15, 0.2) is 11.5 Å². The smallest absolute Gasteiger partial charge is 0.296 e. The predicted octanol–water partition coefficient (Wildman–Crippen LogP) is 2.69. The van der Waals surface area contributed by atoms with Crippen LogP contribution in [0, 0.1) is 5.92 Å². The second kappa shape index (κ2) is 9.32. The van der Waals surface area contributed by atoms with Gasteiger partial charge < -0.3 is 9.47 Å². The van der Waals surface area contributed by atoms with Crippen LogP contribution in [0.15, 0.2) is 58.1 Å². The Morgan fingerprint density at radius 2 is 1.88 bits per heavy atom. The van der Waals surface area contributed by atoms with Crippen molar-refractivity contribution in [2.45, 2.75) is 20.3 Å². The van der Waals surface area contributed by atoms with Crippen molar-refractivity contribution in [3.63, 3.8) is 0 Å². The highest BCUT2D eigenvalue weighted by Crippen LogP contribution is 2.28. The SMILES string of the molecule is COc1cc(C=c2sc3nc(=O)c(Cc4ccccc4)nn3c2=O)ccc1OCC(C)C. The van der Waals surface area contributed by atoms with E-state index in [2.05, 4.69) is 23.9 Å². The lowest BCUT2D eigenvalue weighted by Crippen LogP contribution is -2.28. The van der Waals surface area contributed by atoms with Gasteiger partial charge in [-0.3, -0.25) is 9.59 Å². The number of ether oxygens (including phenoxy) is 2. The Bertz CT molecular complexity index is 1410. The third-order valence-electron chi connectivity index (χ3n) is 4.72. The second-order valence-electron chi connectivity index (χ2n) is 7.75. The average Bonchev–Trinajstić information content (AvgIpc) is 3.07. The molecule has 0 saturated heterocycles. The first-order valence-corrected chi connectivity index (χ1v) is 11.1. The molecule has 0 aliphatic heterocycles. The Balaban J connectivity index is 1.71. The van der Waals surface area contributed by atoms with E-state index in [1.807, 2.05) is 48.5 Å². The molecule has 0 amide bonds. The number of aromatic nitrogens is 3. The van der Waals surface area contributed by atoms with Crippen LogP contribution in [0.5, 0.6) is 11.5 Å². The third kappa shape index (κ3) is 4.70. The molecule has 8 heteroatoms. The molecule has 7 nitrogen and oxygen atoms in total. The molecular formula is C24H23N3O4S. The van der Waals surface area contributed by atoms with E-state index < -0.39 is 5.56 Å². The van der Waals surface area contributed by atoms with E-state index in [1.165, 1.54) is 4.52 Å². The topological polar surface area (TPSA) is 82.8 Å². The normalized spacial score (nSPS) is 11.9. The van der Waals surface area contributed by atoms with E-state index in [0.717, 1.165) is 22.5 Å². The van der Waals surface area contributed by atoms with Crippen LogP contribution in [-0.4, -0.2) is 28.3 Å². The molecule has 2 heterocycles. The average molecular weight is 450 g/mol. The second-order valence-corrected chi connectivity index (χ2v) is 8.76. The van der Waals surface area contributed by atoms with Gasteiger partial charge in [0.1, 0.15) is 5.69 Å². The molecule has 0 aliphatic carbocycles. The summed E-state index contributed by atoms with van der Waals surface area (Å²) in [4.78, 5) is 29.7. The zero-order chi connectivity index (χ0) is 22.7. The number of hydrogen-bond acceptors (Lipinski definition) is 7. The maximum Gasteiger partial charge on any atom is 0.296 e. The van der Waals surface area contributed by atoms with Crippen LogP contribution in [0.1, 0.15) is 30.7 Å². The summed E-state index contributed by atoms with van der Waals surface area (Å²) in [6.45, 7) is 4.73. The van der Waals surface area contributed by atoms with Gasteiger partial charge in [-0.2, -0.15) is 14.6 Å². The zero-order valence-corrected chi connectivity index (χ0v) is 18.9. The molecule has 0 atom stereocenters. The first-order chi connectivity index (χ1) is 15.4. The fourth-order valence-electron chi connectivity index (χ4n) is 3.14. The van der Waals surface area contributed by atoms with Gasteiger partial charge in [-0.25, -0.2) is 0 Å². The van der Waals surface area contributed by atoms with E-state index >= 15 is 0 Å². The van der Waals surface area contributed by atoms with Gasteiger partial charge >= 0.3 is 0 Å². The zero-order valence-electron chi connectivity index (χ0n) is 18.1. The van der Waals surface area contributed by atoms with E-state index in [0.29, 0.717) is 35.0 Å². The van der Waals surface area contributed by atoms with Crippen LogP contribution < -0.4 is 25.1 Å². The molecule has 0 spiro atoms. The molecule has 4 aromatic rings.